The maximum absolute atomic E-state index is 12.0. The largest absolute Gasteiger partial charge is 0.462 e. The highest BCUT2D eigenvalue weighted by molar-refractivity contribution is 5.97. The van der Waals surface area contributed by atoms with E-state index in [0.29, 0.717) is 35.7 Å². The van der Waals surface area contributed by atoms with E-state index in [0.717, 1.165) is 0 Å². The maximum atomic E-state index is 12.0. The van der Waals surface area contributed by atoms with Gasteiger partial charge >= 0.3 is 11.9 Å². The Kier molecular flexibility index (Phi) is 5.68. The van der Waals surface area contributed by atoms with Gasteiger partial charge in [-0.05, 0) is 32.0 Å². The van der Waals surface area contributed by atoms with Gasteiger partial charge in [0.25, 0.3) is 0 Å². The number of benzene rings is 1. The lowest BCUT2D eigenvalue weighted by Crippen LogP contribution is -2.09. The fourth-order valence-corrected chi connectivity index (χ4v) is 1.97. The van der Waals surface area contributed by atoms with E-state index >= 15 is 0 Å². The number of nitrogens with one attached hydrogen (secondary N) is 1. The molecule has 0 radical (unpaired) electrons. The lowest BCUT2D eigenvalue weighted by molar-refractivity contribution is 0.0517. The van der Waals surface area contributed by atoms with Crippen LogP contribution in [-0.2, 0) is 9.47 Å². The van der Waals surface area contributed by atoms with Crippen LogP contribution in [0.2, 0.25) is 0 Å². The van der Waals surface area contributed by atoms with Crippen LogP contribution in [0.5, 0.6) is 0 Å². The first-order valence-electron chi connectivity index (χ1n) is 7.31. The number of hydrogen-bond acceptors (Lipinski definition) is 6. The normalized spacial score (nSPS) is 10.0. The van der Waals surface area contributed by atoms with E-state index in [2.05, 4.69) is 10.3 Å². The van der Waals surface area contributed by atoms with Gasteiger partial charge in [-0.2, -0.15) is 0 Å². The highest BCUT2D eigenvalue weighted by atomic mass is 16.5. The van der Waals surface area contributed by atoms with Crippen LogP contribution in [0.25, 0.3) is 0 Å². The number of esters is 2. The molecule has 0 unspecified atom stereocenters. The van der Waals surface area contributed by atoms with Gasteiger partial charge in [0.15, 0.2) is 0 Å². The Bertz CT molecular complexity index is 700. The first-order valence-corrected chi connectivity index (χ1v) is 7.31. The quantitative estimate of drug-likeness (QED) is 0.825. The average Bonchev–Trinajstić information content (AvgIpc) is 2.56. The Morgan fingerprint density at radius 2 is 1.74 bits per heavy atom. The molecule has 120 valence electrons. The SMILES string of the molecule is CCOC(=O)c1cncc(Nc2ccccc2C(=O)OCC)c1. The molecule has 0 bridgehead atoms. The second kappa shape index (κ2) is 7.93. The molecule has 0 aliphatic carbocycles. The fourth-order valence-electron chi connectivity index (χ4n) is 1.97. The molecule has 0 amide bonds. The van der Waals surface area contributed by atoms with E-state index in [4.69, 9.17) is 9.47 Å². The molecule has 6 nitrogen and oxygen atoms in total. The third kappa shape index (κ3) is 4.29. The number of aromatic nitrogens is 1. The molecule has 0 saturated heterocycles. The maximum Gasteiger partial charge on any atom is 0.340 e. The number of para-hydroxylation sites is 1. The van der Waals surface area contributed by atoms with E-state index in [1.807, 2.05) is 0 Å². The lowest BCUT2D eigenvalue weighted by atomic mass is 10.1. The molecule has 0 saturated carbocycles. The number of ether oxygens (including phenoxy) is 2. The van der Waals surface area contributed by atoms with Crippen molar-refractivity contribution < 1.29 is 19.1 Å². The summed E-state index contributed by atoms with van der Waals surface area (Å²) in [6, 6.07) is 8.59. The first-order chi connectivity index (χ1) is 11.2. The zero-order chi connectivity index (χ0) is 16.7. The summed E-state index contributed by atoms with van der Waals surface area (Å²) >= 11 is 0. The molecule has 2 aromatic rings. The van der Waals surface area contributed by atoms with Crippen molar-refractivity contribution in [1.29, 1.82) is 0 Å². The zero-order valence-electron chi connectivity index (χ0n) is 13.0. The molecule has 1 aromatic heterocycles. The fraction of sp³-hybridized carbons (Fsp3) is 0.235. The average molecular weight is 314 g/mol. The summed E-state index contributed by atoms with van der Waals surface area (Å²) in [5.74, 6) is -0.854. The zero-order valence-corrected chi connectivity index (χ0v) is 13.0. The minimum Gasteiger partial charge on any atom is -0.462 e. The molecule has 2 rings (SSSR count). The summed E-state index contributed by atoms with van der Waals surface area (Å²) < 4.78 is 9.98. The first kappa shape index (κ1) is 16.5. The third-order valence-electron chi connectivity index (χ3n) is 2.95. The van der Waals surface area contributed by atoms with Crippen molar-refractivity contribution in [3.05, 3.63) is 53.9 Å². The van der Waals surface area contributed by atoms with Gasteiger partial charge in [0, 0.05) is 6.20 Å². The van der Waals surface area contributed by atoms with Gasteiger partial charge in [-0.3, -0.25) is 4.98 Å². The standard InChI is InChI=1S/C17H18N2O4/c1-3-22-16(20)12-9-13(11-18-10-12)19-15-8-6-5-7-14(15)17(21)23-4-2/h5-11,19H,3-4H2,1-2H3. The van der Waals surface area contributed by atoms with Gasteiger partial charge in [-0.15, -0.1) is 0 Å². The van der Waals surface area contributed by atoms with E-state index in [-0.39, 0.29) is 0 Å². The number of nitrogens with zero attached hydrogens (tertiary/aromatic N) is 1. The number of pyridine rings is 1. The molecular formula is C17H18N2O4. The summed E-state index contributed by atoms with van der Waals surface area (Å²) in [6.07, 6.45) is 2.99. The Hall–Kier alpha value is -2.89. The number of hydrogen-bond donors (Lipinski definition) is 1. The number of carbonyl (C=O) groups excluding carboxylic acids is 2. The monoisotopic (exact) mass is 314 g/mol. The van der Waals surface area contributed by atoms with Gasteiger partial charge in [0.2, 0.25) is 0 Å². The summed E-state index contributed by atoms with van der Waals surface area (Å²) in [6.45, 7) is 4.08. The molecule has 23 heavy (non-hydrogen) atoms. The number of rotatable bonds is 6. The molecule has 1 aromatic carbocycles. The molecule has 1 heterocycles. The van der Waals surface area contributed by atoms with Crippen molar-refractivity contribution >= 4 is 23.3 Å². The molecule has 1 N–H and O–H groups in total. The predicted octanol–water partition coefficient (Wildman–Crippen LogP) is 3.18. The van der Waals surface area contributed by atoms with Crippen LogP contribution in [0.4, 0.5) is 11.4 Å². The van der Waals surface area contributed by atoms with Crippen molar-refractivity contribution in [2.24, 2.45) is 0 Å². The third-order valence-corrected chi connectivity index (χ3v) is 2.95. The highest BCUT2D eigenvalue weighted by Crippen LogP contribution is 2.22. The van der Waals surface area contributed by atoms with Gasteiger partial charge in [-0.1, -0.05) is 12.1 Å². The van der Waals surface area contributed by atoms with E-state index in [9.17, 15) is 9.59 Å². The highest BCUT2D eigenvalue weighted by Gasteiger charge is 2.13. The van der Waals surface area contributed by atoms with Crippen LogP contribution >= 0.6 is 0 Å². The van der Waals surface area contributed by atoms with E-state index in [1.165, 1.54) is 6.20 Å². The van der Waals surface area contributed by atoms with Crippen LogP contribution in [-0.4, -0.2) is 30.1 Å². The molecule has 0 aliphatic rings. The van der Waals surface area contributed by atoms with Crippen LogP contribution in [0.15, 0.2) is 42.7 Å². The summed E-state index contributed by atoms with van der Waals surface area (Å²) in [4.78, 5) is 27.7. The minimum atomic E-state index is -0.442. The molecule has 6 heteroatoms. The van der Waals surface area contributed by atoms with Crippen LogP contribution in [0.3, 0.4) is 0 Å². The Balaban J connectivity index is 2.24. The summed E-state index contributed by atoms with van der Waals surface area (Å²) in [7, 11) is 0. The van der Waals surface area contributed by atoms with E-state index < -0.39 is 11.9 Å². The Labute approximate surface area is 134 Å². The second-order valence-corrected chi connectivity index (χ2v) is 4.57. The van der Waals surface area contributed by atoms with Crippen molar-refractivity contribution in [2.75, 3.05) is 18.5 Å². The molecule has 0 spiro atoms. The Morgan fingerprint density at radius 3 is 2.48 bits per heavy atom. The molecular weight excluding hydrogens is 296 g/mol. The van der Waals surface area contributed by atoms with Gasteiger partial charge < -0.3 is 14.8 Å². The smallest absolute Gasteiger partial charge is 0.340 e. The van der Waals surface area contributed by atoms with Gasteiger partial charge in [-0.25, -0.2) is 9.59 Å². The van der Waals surface area contributed by atoms with Crippen molar-refractivity contribution in [1.82, 2.24) is 4.98 Å². The Morgan fingerprint density at radius 1 is 1.04 bits per heavy atom. The second-order valence-electron chi connectivity index (χ2n) is 4.57. The predicted molar refractivity (Wildman–Crippen MR) is 85.9 cm³/mol. The van der Waals surface area contributed by atoms with Crippen molar-refractivity contribution in [3.63, 3.8) is 0 Å². The summed E-state index contributed by atoms with van der Waals surface area (Å²) in [5, 5.41) is 3.08. The topological polar surface area (TPSA) is 77.5 Å². The van der Waals surface area contributed by atoms with Crippen LogP contribution < -0.4 is 5.32 Å². The molecule has 0 atom stereocenters. The number of carbonyl (C=O) groups is 2. The summed E-state index contributed by atoms with van der Waals surface area (Å²) in [5.41, 5.74) is 1.91. The minimum absolute atomic E-state index is 0.294. The lowest BCUT2D eigenvalue weighted by Gasteiger charge is -2.11. The van der Waals surface area contributed by atoms with Crippen molar-refractivity contribution in [3.8, 4) is 0 Å². The molecule has 0 fully saturated rings. The van der Waals surface area contributed by atoms with E-state index in [1.54, 1.807) is 50.4 Å². The van der Waals surface area contributed by atoms with Crippen LogP contribution in [0, 0.1) is 0 Å². The van der Waals surface area contributed by atoms with Gasteiger partial charge in [0.1, 0.15) is 0 Å². The number of anilines is 2. The van der Waals surface area contributed by atoms with Crippen LogP contribution in [0.1, 0.15) is 34.6 Å². The molecule has 0 aliphatic heterocycles. The van der Waals surface area contributed by atoms with Crippen molar-refractivity contribution in [2.45, 2.75) is 13.8 Å². The van der Waals surface area contributed by atoms with Gasteiger partial charge in [0.05, 0.1) is 41.9 Å².